The SMILES string of the molecule is CC[C@H](C)[C@H](NC(=O)OCc1ccccc1)C(=O)N[C@]1(C(=O)N[C@H](C(N)=O)C(C)C)CCc2[nH]c3c(C(=O)O)cccc3c2C1. The standard InChI is InChI=1S/C33H41N5O7/c1-5-19(4)26(37-32(44)45-17-20-10-7-6-8-11-20)29(40)38-33(31(43)36-25(18(2)3)28(34)39)15-14-24-23(16-33)21-12-9-13-22(30(41)42)27(21)35-24/h6-13,18-19,25-26,35H,5,14-17H2,1-4H3,(H2,34,39)(H,36,43)(H,37,44)(H,38,40)(H,41,42)/t19-,25-,26-,33+/m0/s1. The third-order valence-electron chi connectivity index (χ3n) is 8.58. The van der Waals surface area contributed by atoms with Gasteiger partial charge in [0.15, 0.2) is 0 Å². The Labute approximate surface area is 261 Å². The molecule has 0 unspecified atom stereocenters. The van der Waals surface area contributed by atoms with Gasteiger partial charge in [-0.1, -0.05) is 76.6 Å². The maximum atomic E-state index is 14.1. The van der Waals surface area contributed by atoms with Gasteiger partial charge in [-0.2, -0.15) is 0 Å². The van der Waals surface area contributed by atoms with Crippen molar-refractivity contribution in [3.63, 3.8) is 0 Å². The van der Waals surface area contributed by atoms with Crippen LogP contribution in [0.2, 0.25) is 0 Å². The minimum atomic E-state index is -1.54. The lowest BCUT2D eigenvalue weighted by Crippen LogP contribution is -2.67. The second-order valence-electron chi connectivity index (χ2n) is 12.0. The van der Waals surface area contributed by atoms with Crippen molar-refractivity contribution in [3.8, 4) is 0 Å². The first-order chi connectivity index (χ1) is 21.4. The molecular weight excluding hydrogens is 578 g/mol. The molecule has 0 spiro atoms. The Bertz CT molecular complexity index is 1580. The van der Waals surface area contributed by atoms with Gasteiger partial charge in [-0.25, -0.2) is 9.59 Å². The molecule has 7 N–H and O–H groups in total. The van der Waals surface area contributed by atoms with E-state index >= 15 is 0 Å². The van der Waals surface area contributed by atoms with E-state index < -0.39 is 47.4 Å². The Morgan fingerprint density at radius 2 is 1.71 bits per heavy atom. The molecular formula is C33H41N5O7. The van der Waals surface area contributed by atoms with Crippen LogP contribution in [0.4, 0.5) is 4.79 Å². The Morgan fingerprint density at radius 1 is 1.00 bits per heavy atom. The number of aromatic nitrogens is 1. The molecule has 12 nitrogen and oxygen atoms in total. The van der Waals surface area contributed by atoms with Gasteiger partial charge in [0, 0.05) is 17.5 Å². The van der Waals surface area contributed by atoms with E-state index in [0.717, 1.165) is 11.3 Å². The van der Waals surface area contributed by atoms with Crippen LogP contribution in [0.5, 0.6) is 0 Å². The van der Waals surface area contributed by atoms with E-state index in [4.69, 9.17) is 10.5 Å². The third-order valence-corrected chi connectivity index (χ3v) is 8.58. The van der Waals surface area contributed by atoms with Crippen molar-refractivity contribution < 1.29 is 33.8 Å². The fourth-order valence-electron chi connectivity index (χ4n) is 5.76. The maximum absolute atomic E-state index is 14.1. The van der Waals surface area contributed by atoms with Crippen LogP contribution in [0.15, 0.2) is 48.5 Å². The van der Waals surface area contributed by atoms with E-state index in [0.29, 0.717) is 29.3 Å². The molecule has 4 amide bonds. The number of carboxylic acid groups (broad SMARTS) is 1. The fraction of sp³-hybridized carbons (Fsp3) is 0.424. The van der Waals surface area contributed by atoms with Gasteiger partial charge in [0.05, 0.1) is 11.1 Å². The summed E-state index contributed by atoms with van der Waals surface area (Å²) in [5, 5.41) is 18.7. The van der Waals surface area contributed by atoms with Crippen LogP contribution in [0.3, 0.4) is 0 Å². The Morgan fingerprint density at radius 3 is 2.33 bits per heavy atom. The largest absolute Gasteiger partial charge is 0.478 e. The second-order valence-corrected chi connectivity index (χ2v) is 12.0. The van der Waals surface area contributed by atoms with Gasteiger partial charge >= 0.3 is 12.1 Å². The zero-order valence-electron chi connectivity index (χ0n) is 25.9. The topological polar surface area (TPSA) is 193 Å². The maximum Gasteiger partial charge on any atom is 0.408 e. The van der Waals surface area contributed by atoms with Crippen LogP contribution in [0.1, 0.15) is 67.7 Å². The van der Waals surface area contributed by atoms with E-state index in [-0.39, 0.29) is 36.8 Å². The van der Waals surface area contributed by atoms with Gasteiger partial charge in [-0.05, 0) is 41.9 Å². The number of ether oxygens (including phenoxy) is 1. The number of aromatic carboxylic acids is 1. The number of benzene rings is 2. The van der Waals surface area contributed by atoms with Crippen molar-refractivity contribution >= 4 is 40.7 Å². The number of para-hydroxylation sites is 1. The number of H-pyrrole nitrogens is 1. The summed E-state index contributed by atoms with van der Waals surface area (Å²) in [6.45, 7) is 7.19. The van der Waals surface area contributed by atoms with E-state index in [1.165, 1.54) is 6.07 Å². The zero-order chi connectivity index (χ0) is 32.9. The quantitative estimate of drug-likeness (QED) is 0.179. The Hall–Kier alpha value is -4.87. The van der Waals surface area contributed by atoms with Crippen LogP contribution < -0.4 is 21.7 Å². The van der Waals surface area contributed by atoms with Crippen LogP contribution in [0.25, 0.3) is 10.9 Å². The van der Waals surface area contributed by atoms with Gasteiger partial charge in [0.2, 0.25) is 17.7 Å². The highest BCUT2D eigenvalue weighted by atomic mass is 16.5. The molecule has 0 bridgehead atoms. The summed E-state index contributed by atoms with van der Waals surface area (Å²) in [6.07, 6.45) is 0.216. The molecule has 1 heterocycles. The molecule has 3 aromatic rings. The van der Waals surface area contributed by atoms with Gasteiger partial charge in [0.1, 0.15) is 24.2 Å². The molecule has 4 rings (SSSR count). The summed E-state index contributed by atoms with van der Waals surface area (Å²) >= 11 is 0. The number of alkyl carbamates (subject to hydrolysis) is 1. The summed E-state index contributed by atoms with van der Waals surface area (Å²) < 4.78 is 5.37. The Balaban J connectivity index is 1.67. The van der Waals surface area contributed by atoms with Gasteiger partial charge in [-0.15, -0.1) is 0 Å². The number of carbonyl (C=O) groups is 5. The van der Waals surface area contributed by atoms with Crippen molar-refractivity contribution in [2.75, 3.05) is 0 Å². The summed E-state index contributed by atoms with van der Waals surface area (Å²) in [5.41, 5.74) is 6.81. The average Bonchev–Trinajstić information content (AvgIpc) is 3.38. The smallest absolute Gasteiger partial charge is 0.408 e. The predicted octanol–water partition coefficient (Wildman–Crippen LogP) is 3.18. The van der Waals surface area contributed by atoms with Crippen molar-refractivity contribution in [1.29, 1.82) is 0 Å². The first-order valence-electron chi connectivity index (χ1n) is 15.1. The molecule has 1 aliphatic carbocycles. The molecule has 1 aromatic heterocycles. The summed E-state index contributed by atoms with van der Waals surface area (Å²) in [4.78, 5) is 68.3. The molecule has 4 atom stereocenters. The van der Waals surface area contributed by atoms with E-state index in [9.17, 15) is 29.1 Å². The number of nitrogens with one attached hydrogen (secondary N) is 4. The molecule has 0 radical (unpaired) electrons. The number of hydrogen-bond donors (Lipinski definition) is 6. The molecule has 240 valence electrons. The lowest BCUT2D eigenvalue weighted by molar-refractivity contribution is -0.137. The van der Waals surface area contributed by atoms with E-state index in [2.05, 4.69) is 20.9 Å². The molecule has 45 heavy (non-hydrogen) atoms. The van der Waals surface area contributed by atoms with E-state index in [1.54, 1.807) is 26.0 Å². The monoisotopic (exact) mass is 619 g/mol. The van der Waals surface area contributed by atoms with Gasteiger partial charge < -0.3 is 36.5 Å². The molecule has 2 aromatic carbocycles. The van der Waals surface area contributed by atoms with E-state index in [1.807, 2.05) is 44.2 Å². The molecule has 0 aliphatic heterocycles. The van der Waals surface area contributed by atoms with Gasteiger partial charge in [-0.3, -0.25) is 14.4 Å². The molecule has 1 aliphatic rings. The van der Waals surface area contributed by atoms with Crippen molar-refractivity contribution in [2.24, 2.45) is 17.6 Å². The number of carbonyl (C=O) groups excluding carboxylic acids is 4. The zero-order valence-corrected chi connectivity index (χ0v) is 25.9. The second kappa shape index (κ2) is 13.8. The van der Waals surface area contributed by atoms with Gasteiger partial charge in [0.25, 0.3) is 0 Å². The number of hydrogen-bond acceptors (Lipinski definition) is 6. The normalized spacial score (nSPS) is 17.9. The minimum Gasteiger partial charge on any atom is -0.478 e. The fourth-order valence-corrected chi connectivity index (χ4v) is 5.76. The highest BCUT2D eigenvalue weighted by Gasteiger charge is 2.46. The summed E-state index contributed by atoms with van der Waals surface area (Å²) in [5.74, 6) is -3.65. The lowest BCUT2D eigenvalue weighted by Gasteiger charge is -2.39. The van der Waals surface area contributed by atoms with Crippen LogP contribution in [0, 0.1) is 11.8 Å². The highest BCUT2D eigenvalue weighted by Crippen LogP contribution is 2.36. The highest BCUT2D eigenvalue weighted by molar-refractivity contribution is 6.04. The molecule has 0 saturated heterocycles. The van der Waals surface area contributed by atoms with Crippen LogP contribution >= 0.6 is 0 Å². The molecule has 0 fully saturated rings. The molecule has 12 heteroatoms. The van der Waals surface area contributed by atoms with Crippen molar-refractivity contribution in [2.45, 2.75) is 77.6 Å². The first-order valence-corrected chi connectivity index (χ1v) is 15.1. The average molecular weight is 620 g/mol. The van der Waals surface area contributed by atoms with Crippen LogP contribution in [-0.2, 0) is 38.6 Å². The number of aromatic amines is 1. The number of aryl methyl sites for hydroxylation is 1. The summed E-state index contributed by atoms with van der Waals surface area (Å²) in [6, 6.07) is 12.0. The lowest BCUT2D eigenvalue weighted by atomic mass is 9.78. The van der Waals surface area contributed by atoms with Crippen molar-refractivity contribution in [3.05, 3.63) is 70.9 Å². The molecule has 0 saturated carbocycles. The van der Waals surface area contributed by atoms with Crippen LogP contribution in [-0.4, -0.2) is 57.5 Å². The number of primary amides is 1. The number of rotatable bonds is 12. The number of nitrogens with two attached hydrogens (primary N) is 1. The summed E-state index contributed by atoms with van der Waals surface area (Å²) in [7, 11) is 0. The third kappa shape index (κ3) is 7.27. The van der Waals surface area contributed by atoms with Crippen molar-refractivity contribution in [1.82, 2.24) is 20.9 Å². The number of amides is 4. The Kier molecular flexibility index (Phi) is 10.2. The minimum absolute atomic E-state index is 0.0121. The number of fused-ring (bicyclic) bond motifs is 3. The predicted molar refractivity (Wildman–Crippen MR) is 167 cm³/mol. The number of carboxylic acids is 1. The first kappa shape index (κ1) is 33.0.